The van der Waals surface area contributed by atoms with Gasteiger partial charge in [0, 0.05) is 0 Å². The molecule has 1 aromatic heterocycles. The van der Waals surface area contributed by atoms with Crippen molar-refractivity contribution in [1.29, 1.82) is 5.26 Å². The van der Waals surface area contributed by atoms with Crippen LogP contribution in [0.4, 0.5) is 8.78 Å². The minimum atomic E-state index is -2.74. The molecule has 0 aliphatic carbocycles. The number of hydrogen-bond donors (Lipinski definition) is 0. The van der Waals surface area contributed by atoms with E-state index in [0.29, 0.717) is 0 Å². The second-order valence-electron chi connectivity index (χ2n) is 2.11. The third-order valence-electron chi connectivity index (χ3n) is 1.32. The Morgan fingerprint density at radius 1 is 1.62 bits per heavy atom. The fourth-order valence-electron chi connectivity index (χ4n) is 0.794. The van der Waals surface area contributed by atoms with Crippen molar-refractivity contribution in [2.75, 3.05) is 0 Å². The number of hydrogen-bond acceptors (Lipinski definition) is 2. The zero-order valence-corrected chi connectivity index (χ0v) is 8.40. The van der Waals surface area contributed by atoms with Crippen molar-refractivity contribution in [2.24, 2.45) is 0 Å². The van der Waals surface area contributed by atoms with Gasteiger partial charge < -0.3 is 0 Å². The number of aromatic nitrogens is 1. The molecule has 0 N–H and O–H groups in total. The minimum Gasteiger partial charge on any atom is -0.229 e. The van der Waals surface area contributed by atoms with Crippen molar-refractivity contribution < 1.29 is 8.78 Å². The highest BCUT2D eigenvalue weighted by Gasteiger charge is 2.18. The van der Waals surface area contributed by atoms with Gasteiger partial charge in [-0.25, -0.2) is 13.8 Å². The van der Waals surface area contributed by atoms with E-state index in [0.717, 1.165) is 6.07 Å². The Hall–Kier alpha value is -0.730. The van der Waals surface area contributed by atoms with Gasteiger partial charge in [0.15, 0.2) is 0 Å². The fourth-order valence-corrected chi connectivity index (χ4v) is 1.67. The maximum absolute atomic E-state index is 12.3. The van der Waals surface area contributed by atoms with E-state index in [2.05, 4.69) is 20.9 Å². The molecule has 0 aliphatic rings. The molecule has 13 heavy (non-hydrogen) atoms. The quantitative estimate of drug-likeness (QED) is 0.732. The standard InChI is InChI=1S/C7H2BrClF2N2/c8-6-5(7(10)11)3(2-12)1-4(9)13-6/h1,7H. The Kier molecular flexibility index (Phi) is 3.17. The van der Waals surface area contributed by atoms with Gasteiger partial charge in [-0.2, -0.15) is 5.26 Å². The molecule has 0 fully saturated rings. The summed E-state index contributed by atoms with van der Waals surface area (Å²) in [5.74, 6) is 0. The monoisotopic (exact) mass is 266 g/mol. The van der Waals surface area contributed by atoms with E-state index >= 15 is 0 Å². The van der Waals surface area contributed by atoms with Crippen LogP contribution in [-0.2, 0) is 0 Å². The number of halogens is 4. The lowest BCUT2D eigenvalue weighted by Gasteiger charge is -2.04. The van der Waals surface area contributed by atoms with Crippen LogP contribution in [0.5, 0.6) is 0 Å². The van der Waals surface area contributed by atoms with Gasteiger partial charge >= 0.3 is 0 Å². The molecule has 0 radical (unpaired) electrons. The summed E-state index contributed by atoms with van der Waals surface area (Å²) in [5.41, 5.74) is -0.589. The molecular weight excluding hydrogens is 265 g/mol. The first-order valence-corrected chi connectivity index (χ1v) is 4.27. The third kappa shape index (κ3) is 2.14. The van der Waals surface area contributed by atoms with Gasteiger partial charge in [0.1, 0.15) is 9.76 Å². The van der Waals surface area contributed by atoms with Crippen LogP contribution < -0.4 is 0 Å². The molecule has 0 spiro atoms. The second-order valence-corrected chi connectivity index (χ2v) is 3.25. The Labute approximate surface area is 86.3 Å². The molecule has 0 atom stereocenters. The molecule has 0 saturated carbocycles. The van der Waals surface area contributed by atoms with E-state index in [4.69, 9.17) is 16.9 Å². The summed E-state index contributed by atoms with van der Waals surface area (Å²) in [5, 5.41) is 8.53. The maximum atomic E-state index is 12.3. The minimum absolute atomic E-state index is 0.00725. The second kappa shape index (κ2) is 3.99. The number of pyridine rings is 1. The number of nitriles is 1. The summed E-state index contributed by atoms with van der Waals surface area (Å²) in [6.45, 7) is 0. The largest absolute Gasteiger partial charge is 0.267 e. The SMILES string of the molecule is N#Cc1cc(Cl)nc(Br)c1C(F)F. The van der Waals surface area contributed by atoms with E-state index in [1.807, 2.05) is 0 Å². The van der Waals surface area contributed by atoms with E-state index < -0.39 is 12.0 Å². The van der Waals surface area contributed by atoms with Gasteiger partial charge in [-0.1, -0.05) is 11.6 Å². The van der Waals surface area contributed by atoms with Crippen LogP contribution in [0.2, 0.25) is 5.15 Å². The zero-order valence-electron chi connectivity index (χ0n) is 6.06. The lowest BCUT2D eigenvalue weighted by molar-refractivity contribution is 0.149. The van der Waals surface area contributed by atoms with Crippen molar-refractivity contribution in [3.05, 3.63) is 26.9 Å². The topological polar surface area (TPSA) is 36.7 Å². The van der Waals surface area contributed by atoms with E-state index in [9.17, 15) is 8.78 Å². The average molecular weight is 267 g/mol. The predicted octanol–water partition coefficient (Wildman–Crippen LogP) is 3.31. The molecule has 2 nitrogen and oxygen atoms in total. The lowest BCUT2D eigenvalue weighted by atomic mass is 10.2. The normalized spacial score (nSPS) is 10.2. The van der Waals surface area contributed by atoms with Crippen LogP contribution in [0.15, 0.2) is 10.7 Å². The van der Waals surface area contributed by atoms with Crippen molar-refractivity contribution in [3.8, 4) is 6.07 Å². The first kappa shape index (κ1) is 10.4. The number of nitrogens with zero attached hydrogens (tertiary/aromatic N) is 2. The maximum Gasteiger partial charge on any atom is 0.267 e. The first-order valence-electron chi connectivity index (χ1n) is 3.10. The molecule has 0 bridgehead atoms. The summed E-state index contributed by atoms with van der Waals surface area (Å²) < 4.78 is 24.6. The van der Waals surface area contributed by atoms with Crippen LogP contribution in [0.3, 0.4) is 0 Å². The fraction of sp³-hybridized carbons (Fsp3) is 0.143. The highest BCUT2D eigenvalue weighted by molar-refractivity contribution is 9.10. The summed E-state index contributed by atoms with van der Waals surface area (Å²) in [4.78, 5) is 3.55. The summed E-state index contributed by atoms with van der Waals surface area (Å²) >= 11 is 8.28. The Morgan fingerprint density at radius 2 is 2.23 bits per heavy atom. The molecule has 1 rings (SSSR count). The Balaban J connectivity index is 3.41. The van der Waals surface area contributed by atoms with Crippen LogP contribution in [0.1, 0.15) is 17.6 Å². The van der Waals surface area contributed by atoms with Gasteiger partial charge in [-0.05, 0) is 22.0 Å². The predicted molar refractivity (Wildman–Crippen MR) is 46.6 cm³/mol. The molecule has 68 valence electrons. The molecule has 1 heterocycles. The van der Waals surface area contributed by atoms with Crippen LogP contribution >= 0.6 is 27.5 Å². The Bertz CT molecular complexity index is 375. The highest BCUT2D eigenvalue weighted by Crippen LogP contribution is 2.30. The Morgan fingerprint density at radius 3 is 2.69 bits per heavy atom. The lowest BCUT2D eigenvalue weighted by Crippen LogP contribution is -1.95. The van der Waals surface area contributed by atoms with Gasteiger partial charge in [0.25, 0.3) is 6.43 Å². The van der Waals surface area contributed by atoms with E-state index in [1.165, 1.54) is 0 Å². The van der Waals surface area contributed by atoms with Crippen LogP contribution in [0.25, 0.3) is 0 Å². The van der Waals surface area contributed by atoms with Gasteiger partial charge in [-0.3, -0.25) is 0 Å². The first-order chi connectivity index (χ1) is 6.06. The molecule has 0 amide bonds. The average Bonchev–Trinajstić information content (AvgIpc) is 2.01. The molecular formula is C7H2BrClF2N2. The van der Waals surface area contributed by atoms with E-state index in [1.54, 1.807) is 6.07 Å². The third-order valence-corrected chi connectivity index (χ3v) is 2.12. The summed E-state index contributed by atoms with van der Waals surface area (Å²) in [6, 6.07) is 2.73. The van der Waals surface area contributed by atoms with Crippen LogP contribution in [0, 0.1) is 11.3 Å². The molecule has 0 unspecified atom stereocenters. The molecule has 0 aromatic carbocycles. The van der Waals surface area contributed by atoms with E-state index in [-0.39, 0.29) is 15.3 Å². The number of alkyl halides is 2. The zero-order chi connectivity index (χ0) is 10.0. The van der Waals surface area contributed by atoms with Crippen molar-refractivity contribution in [1.82, 2.24) is 4.98 Å². The van der Waals surface area contributed by atoms with Crippen molar-refractivity contribution in [2.45, 2.75) is 6.43 Å². The molecule has 0 saturated heterocycles. The molecule has 6 heteroatoms. The van der Waals surface area contributed by atoms with Gasteiger partial charge in [0.2, 0.25) is 0 Å². The van der Waals surface area contributed by atoms with Crippen molar-refractivity contribution >= 4 is 27.5 Å². The summed E-state index contributed by atoms with van der Waals surface area (Å²) in [6.07, 6.45) is -2.74. The number of rotatable bonds is 1. The highest BCUT2D eigenvalue weighted by atomic mass is 79.9. The van der Waals surface area contributed by atoms with Gasteiger partial charge in [0.05, 0.1) is 17.2 Å². The summed E-state index contributed by atoms with van der Waals surface area (Å²) in [7, 11) is 0. The molecule has 1 aromatic rings. The van der Waals surface area contributed by atoms with Crippen LogP contribution in [-0.4, -0.2) is 4.98 Å². The van der Waals surface area contributed by atoms with Crippen molar-refractivity contribution in [3.63, 3.8) is 0 Å². The van der Waals surface area contributed by atoms with Gasteiger partial charge in [-0.15, -0.1) is 0 Å². The smallest absolute Gasteiger partial charge is 0.229 e. The molecule has 0 aliphatic heterocycles.